The predicted molar refractivity (Wildman–Crippen MR) is 156 cm³/mol. The van der Waals surface area contributed by atoms with E-state index in [0.29, 0.717) is 40.4 Å². The zero-order valence-corrected chi connectivity index (χ0v) is 23.1. The SMILES string of the molecule is CCOc1cc(/C=C2/C(=O)NC(=S)N(c3ccc(F)cc3)C2=O)c(Br)cc1OCc1cccc2ccccc12. The molecule has 0 aliphatic carbocycles. The highest BCUT2D eigenvalue weighted by Gasteiger charge is 2.34. The Bertz CT molecular complexity index is 1630. The van der Waals surface area contributed by atoms with Crippen LogP contribution in [-0.4, -0.2) is 23.5 Å². The summed E-state index contributed by atoms with van der Waals surface area (Å²) in [5.74, 6) is -0.750. The monoisotopic (exact) mass is 604 g/mol. The van der Waals surface area contributed by atoms with Gasteiger partial charge in [0.05, 0.1) is 12.3 Å². The van der Waals surface area contributed by atoms with Crippen LogP contribution in [0.3, 0.4) is 0 Å². The van der Waals surface area contributed by atoms with E-state index in [0.717, 1.165) is 21.2 Å². The van der Waals surface area contributed by atoms with E-state index in [4.69, 9.17) is 21.7 Å². The van der Waals surface area contributed by atoms with Gasteiger partial charge in [-0.3, -0.25) is 19.8 Å². The van der Waals surface area contributed by atoms with Gasteiger partial charge in [0.25, 0.3) is 11.8 Å². The van der Waals surface area contributed by atoms with E-state index in [9.17, 15) is 14.0 Å². The fourth-order valence-corrected chi connectivity index (χ4v) is 4.97. The molecule has 9 heteroatoms. The summed E-state index contributed by atoms with van der Waals surface area (Å²) in [5.41, 5.74) is 1.75. The van der Waals surface area contributed by atoms with Crippen LogP contribution in [0.25, 0.3) is 16.8 Å². The van der Waals surface area contributed by atoms with E-state index >= 15 is 0 Å². The fraction of sp³-hybridized carbons (Fsp3) is 0.100. The van der Waals surface area contributed by atoms with Crippen LogP contribution in [-0.2, 0) is 16.2 Å². The molecule has 39 heavy (non-hydrogen) atoms. The Labute approximate surface area is 238 Å². The third-order valence-electron chi connectivity index (χ3n) is 6.11. The number of thiocarbonyl (C=S) groups is 1. The van der Waals surface area contributed by atoms with Crippen LogP contribution in [0.5, 0.6) is 11.5 Å². The second kappa shape index (κ2) is 11.3. The number of hydrogen-bond donors (Lipinski definition) is 1. The van der Waals surface area contributed by atoms with Crippen molar-refractivity contribution < 1.29 is 23.5 Å². The number of hydrogen-bond acceptors (Lipinski definition) is 5. The highest BCUT2D eigenvalue weighted by Crippen LogP contribution is 2.36. The van der Waals surface area contributed by atoms with Gasteiger partial charge in [0, 0.05) is 4.47 Å². The summed E-state index contributed by atoms with van der Waals surface area (Å²) in [7, 11) is 0. The molecule has 4 aromatic rings. The lowest BCUT2D eigenvalue weighted by molar-refractivity contribution is -0.122. The van der Waals surface area contributed by atoms with Gasteiger partial charge in [-0.1, -0.05) is 58.4 Å². The van der Waals surface area contributed by atoms with E-state index in [-0.39, 0.29) is 10.7 Å². The van der Waals surface area contributed by atoms with Crippen LogP contribution in [0, 0.1) is 5.82 Å². The Kier molecular flexibility index (Phi) is 7.72. The first kappa shape index (κ1) is 26.5. The molecule has 0 radical (unpaired) electrons. The van der Waals surface area contributed by atoms with Gasteiger partial charge < -0.3 is 9.47 Å². The summed E-state index contributed by atoms with van der Waals surface area (Å²) in [4.78, 5) is 27.2. The van der Waals surface area contributed by atoms with E-state index in [1.54, 1.807) is 12.1 Å². The van der Waals surface area contributed by atoms with Crippen molar-refractivity contribution in [2.75, 3.05) is 11.5 Å². The summed E-state index contributed by atoms with van der Waals surface area (Å²) in [6, 6.07) is 22.9. The topological polar surface area (TPSA) is 67.9 Å². The van der Waals surface area contributed by atoms with Gasteiger partial charge in [0.2, 0.25) is 0 Å². The van der Waals surface area contributed by atoms with Crippen molar-refractivity contribution in [2.24, 2.45) is 0 Å². The zero-order valence-electron chi connectivity index (χ0n) is 20.7. The van der Waals surface area contributed by atoms with E-state index < -0.39 is 17.6 Å². The molecule has 0 saturated carbocycles. The number of benzene rings is 4. The molecule has 1 N–H and O–H groups in total. The predicted octanol–water partition coefficient (Wildman–Crippen LogP) is 6.55. The van der Waals surface area contributed by atoms with Gasteiger partial charge in [-0.05, 0) is 83.5 Å². The molecule has 0 spiro atoms. The first-order valence-corrected chi connectivity index (χ1v) is 13.3. The van der Waals surface area contributed by atoms with Crippen LogP contribution in [0.2, 0.25) is 0 Å². The summed E-state index contributed by atoms with van der Waals surface area (Å²) >= 11 is 8.76. The molecule has 4 aromatic carbocycles. The molecule has 1 heterocycles. The Hall–Kier alpha value is -4.08. The normalized spacial score (nSPS) is 14.6. The lowest BCUT2D eigenvalue weighted by Crippen LogP contribution is -2.54. The molecule has 1 saturated heterocycles. The first-order valence-electron chi connectivity index (χ1n) is 12.1. The number of amides is 2. The molecule has 6 nitrogen and oxygen atoms in total. The summed E-state index contributed by atoms with van der Waals surface area (Å²) in [6.07, 6.45) is 1.46. The smallest absolute Gasteiger partial charge is 0.270 e. The number of rotatable bonds is 7. The number of nitrogens with one attached hydrogen (secondary N) is 1. The second-order valence-electron chi connectivity index (χ2n) is 8.61. The number of carbonyl (C=O) groups excluding carboxylic acids is 2. The van der Waals surface area contributed by atoms with Gasteiger partial charge in [-0.2, -0.15) is 0 Å². The molecule has 5 rings (SSSR count). The molecule has 196 valence electrons. The van der Waals surface area contributed by atoms with Crippen molar-refractivity contribution in [2.45, 2.75) is 13.5 Å². The van der Waals surface area contributed by atoms with Crippen LogP contribution < -0.4 is 19.7 Å². The van der Waals surface area contributed by atoms with Gasteiger partial charge >= 0.3 is 0 Å². The summed E-state index contributed by atoms with van der Waals surface area (Å²) in [5, 5.41) is 4.67. The van der Waals surface area contributed by atoms with Crippen LogP contribution in [0.4, 0.5) is 10.1 Å². The molecule has 1 aliphatic heterocycles. The maximum Gasteiger partial charge on any atom is 0.270 e. The Morgan fingerprint density at radius 2 is 1.69 bits per heavy atom. The van der Waals surface area contributed by atoms with Crippen LogP contribution in [0.15, 0.2) is 88.9 Å². The van der Waals surface area contributed by atoms with Crippen molar-refractivity contribution in [1.29, 1.82) is 0 Å². The maximum absolute atomic E-state index is 13.4. The minimum absolute atomic E-state index is 0.0833. The molecule has 1 aliphatic rings. The quantitative estimate of drug-likeness (QED) is 0.147. The first-order chi connectivity index (χ1) is 18.9. The van der Waals surface area contributed by atoms with Gasteiger partial charge in [-0.25, -0.2) is 4.39 Å². The number of nitrogens with zero attached hydrogens (tertiary/aromatic N) is 1. The van der Waals surface area contributed by atoms with E-state index in [2.05, 4.69) is 39.4 Å². The average Bonchev–Trinajstić information content (AvgIpc) is 2.92. The third kappa shape index (κ3) is 5.55. The van der Waals surface area contributed by atoms with Crippen molar-refractivity contribution in [1.82, 2.24) is 5.32 Å². The van der Waals surface area contributed by atoms with Gasteiger partial charge in [0.1, 0.15) is 18.0 Å². The summed E-state index contributed by atoms with van der Waals surface area (Å²) in [6.45, 7) is 2.56. The standard InChI is InChI=1S/C30H22BrFN2O4S/c1-2-37-26-15-20(14-24-28(35)33-30(39)34(29(24)36)22-12-10-21(32)11-13-22)25(31)16-27(26)38-17-19-8-5-7-18-6-3-4-9-23(18)19/h3-16H,2,17H2,1H3,(H,33,35,39)/b24-14-. The van der Waals surface area contributed by atoms with E-state index in [1.165, 1.54) is 30.3 Å². The maximum atomic E-state index is 13.4. The van der Waals surface area contributed by atoms with Crippen molar-refractivity contribution in [3.8, 4) is 11.5 Å². The highest BCUT2D eigenvalue weighted by atomic mass is 79.9. The molecule has 0 aromatic heterocycles. The van der Waals surface area contributed by atoms with Crippen molar-refractivity contribution >= 4 is 67.6 Å². The highest BCUT2D eigenvalue weighted by molar-refractivity contribution is 9.10. The molecular formula is C30H22BrFN2O4S. The Morgan fingerprint density at radius 1 is 0.974 bits per heavy atom. The van der Waals surface area contributed by atoms with Crippen molar-refractivity contribution in [3.05, 3.63) is 106 Å². The molecule has 0 unspecified atom stereocenters. The molecule has 0 bridgehead atoms. The van der Waals surface area contributed by atoms with Crippen LogP contribution in [0.1, 0.15) is 18.1 Å². The minimum Gasteiger partial charge on any atom is -0.490 e. The molecular weight excluding hydrogens is 583 g/mol. The lowest BCUT2D eigenvalue weighted by Gasteiger charge is -2.29. The second-order valence-corrected chi connectivity index (χ2v) is 9.86. The van der Waals surface area contributed by atoms with Gasteiger partial charge in [-0.15, -0.1) is 0 Å². The van der Waals surface area contributed by atoms with Crippen molar-refractivity contribution in [3.63, 3.8) is 0 Å². The molecule has 2 amide bonds. The summed E-state index contributed by atoms with van der Waals surface area (Å²) < 4.78 is 26.0. The Balaban J connectivity index is 1.46. The number of halogens is 2. The van der Waals surface area contributed by atoms with Gasteiger partial charge in [0.15, 0.2) is 16.6 Å². The van der Waals surface area contributed by atoms with Crippen LogP contribution >= 0.6 is 28.1 Å². The molecule has 1 fully saturated rings. The minimum atomic E-state index is -0.635. The third-order valence-corrected chi connectivity index (χ3v) is 7.08. The number of anilines is 1. The average molecular weight is 605 g/mol. The zero-order chi connectivity index (χ0) is 27.5. The largest absolute Gasteiger partial charge is 0.490 e. The molecule has 0 atom stereocenters. The number of carbonyl (C=O) groups is 2. The van der Waals surface area contributed by atoms with E-state index in [1.807, 2.05) is 31.2 Å². The number of ether oxygens (including phenoxy) is 2. The Morgan fingerprint density at radius 3 is 2.46 bits per heavy atom. The number of fused-ring (bicyclic) bond motifs is 1. The lowest BCUT2D eigenvalue weighted by atomic mass is 10.1. The fourth-order valence-electron chi connectivity index (χ4n) is 4.25.